The van der Waals surface area contributed by atoms with Crippen LogP contribution >= 0.6 is 34.8 Å². The van der Waals surface area contributed by atoms with Crippen LogP contribution in [0.2, 0.25) is 15.1 Å². The van der Waals surface area contributed by atoms with Crippen LogP contribution in [0.5, 0.6) is 0 Å². The molecule has 2 amide bonds. The Kier molecular flexibility index (Phi) is 9.39. The van der Waals surface area contributed by atoms with E-state index in [2.05, 4.69) is 41.5 Å². The molecule has 2 aromatic rings. The molecular formula is C21H26Cl3N3O. The zero-order valence-electron chi connectivity index (χ0n) is 16.1. The fourth-order valence-electron chi connectivity index (χ4n) is 2.96. The Morgan fingerprint density at radius 2 is 1.71 bits per heavy atom. The van der Waals surface area contributed by atoms with Gasteiger partial charge in [-0.05, 0) is 55.3 Å². The number of urea groups is 1. The second-order valence-corrected chi connectivity index (χ2v) is 7.83. The van der Waals surface area contributed by atoms with Gasteiger partial charge in [-0.15, -0.1) is 0 Å². The van der Waals surface area contributed by atoms with Crippen molar-refractivity contribution in [2.75, 3.05) is 19.6 Å². The van der Waals surface area contributed by atoms with Gasteiger partial charge in [-0.3, -0.25) is 4.90 Å². The molecule has 7 heteroatoms. The van der Waals surface area contributed by atoms with Gasteiger partial charge in [0.05, 0.1) is 0 Å². The maximum Gasteiger partial charge on any atom is 0.315 e. The Morgan fingerprint density at radius 3 is 2.36 bits per heavy atom. The van der Waals surface area contributed by atoms with Gasteiger partial charge in [0, 0.05) is 40.7 Å². The highest BCUT2D eigenvalue weighted by atomic mass is 35.5. The number of rotatable bonds is 9. The minimum atomic E-state index is -0.209. The average molecular weight is 443 g/mol. The maximum absolute atomic E-state index is 12.0. The number of nitrogens with one attached hydrogen (secondary N) is 2. The Balaban J connectivity index is 1.71. The maximum atomic E-state index is 12.0. The topological polar surface area (TPSA) is 44.4 Å². The summed E-state index contributed by atoms with van der Waals surface area (Å²) in [5, 5.41) is 7.56. The summed E-state index contributed by atoms with van der Waals surface area (Å²) in [6.07, 6.45) is 0.862. The number of carbonyl (C=O) groups excluding carboxylic acids is 1. The summed E-state index contributed by atoms with van der Waals surface area (Å²) < 4.78 is 0. The molecule has 0 radical (unpaired) electrons. The normalized spacial score (nSPS) is 12.1. The van der Waals surface area contributed by atoms with Crippen LogP contribution in [0.4, 0.5) is 4.79 Å². The summed E-state index contributed by atoms with van der Waals surface area (Å²) in [5.74, 6) is 0. The van der Waals surface area contributed by atoms with E-state index in [1.165, 1.54) is 5.56 Å². The largest absolute Gasteiger partial charge is 0.338 e. The molecular weight excluding hydrogens is 417 g/mol. The quantitative estimate of drug-likeness (QED) is 0.473. The molecule has 4 nitrogen and oxygen atoms in total. The van der Waals surface area contributed by atoms with E-state index in [9.17, 15) is 4.79 Å². The summed E-state index contributed by atoms with van der Waals surface area (Å²) in [7, 11) is 0. The van der Waals surface area contributed by atoms with Gasteiger partial charge in [0.25, 0.3) is 0 Å². The molecule has 2 N–H and O–H groups in total. The second-order valence-electron chi connectivity index (χ2n) is 6.55. The molecule has 28 heavy (non-hydrogen) atoms. The predicted molar refractivity (Wildman–Crippen MR) is 118 cm³/mol. The van der Waals surface area contributed by atoms with Gasteiger partial charge in [-0.1, -0.05) is 59.9 Å². The van der Waals surface area contributed by atoms with E-state index in [0.717, 1.165) is 30.1 Å². The molecule has 0 fully saturated rings. The van der Waals surface area contributed by atoms with Gasteiger partial charge in [0.1, 0.15) is 0 Å². The highest BCUT2D eigenvalue weighted by Gasteiger charge is 2.14. The zero-order chi connectivity index (χ0) is 20.5. The third-order valence-corrected chi connectivity index (χ3v) is 5.51. The number of hydrogen-bond acceptors (Lipinski definition) is 2. The number of carbonyl (C=O) groups is 1. The Hall–Kier alpha value is -1.46. The molecule has 1 unspecified atom stereocenters. The van der Waals surface area contributed by atoms with E-state index in [-0.39, 0.29) is 6.03 Å². The van der Waals surface area contributed by atoms with Crippen molar-refractivity contribution in [3.63, 3.8) is 0 Å². The van der Waals surface area contributed by atoms with Crippen LogP contribution in [0.15, 0.2) is 42.5 Å². The lowest BCUT2D eigenvalue weighted by atomic mass is 10.1. The first kappa shape index (κ1) is 22.8. The molecule has 0 aromatic heterocycles. The number of hydrogen-bond donors (Lipinski definition) is 2. The van der Waals surface area contributed by atoms with Crippen LogP contribution in [0.3, 0.4) is 0 Å². The molecule has 0 bridgehead atoms. The first-order chi connectivity index (χ1) is 13.4. The summed E-state index contributed by atoms with van der Waals surface area (Å²) in [5.41, 5.74) is 2.06. The van der Waals surface area contributed by atoms with Gasteiger partial charge >= 0.3 is 6.03 Å². The minimum Gasteiger partial charge on any atom is -0.338 e. The first-order valence-electron chi connectivity index (χ1n) is 9.35. The summed E-state index contributed by atoms with van der Waals surface area (Å²) >= 11 is 18.0. The molecule has 0 saturated carbocycles. The van der Waals surface area contributed by atoms with E-state index in [4.69, 9.17) is 34.8 Å². The number of nitrogens with zero attached hydrogens (tertiary/aromatic N) is 1. The van der Waals surface area contributed by atoms with E-state index >= 15 is 0 Å². The molecule has 152 valence electrons. The fraction of sp³-hybridized carbons (Fsp3) is 0.381. The molecule has 0 aliphatic heterocycles. The van der Waals surface area contributed by atoms with E-state index in [1.54, 1.807) is 12.1 Å². The van der Waals surface area contributed by atoms with E-state index in [1.807, 2.05) is 18.2 Å². The highest BCUT2D eigenvalue weighted by Crippen LogP contribution is 2.22. The average Bonchev–Trinajstić information content (AvgIpc) is 2.67. The van der Waals surface area contributed by atoms with Crippen molar-refractivity contribution in [1.82, 2.24) is 15.5 Å². The van der Waals surface area contributed by atoms with Gasteiger partial charge < -0.3 is 10.6 Å². The standard InChI is InChI=1S/C21H26Cl3N3O/c1-3-27(15(2)16-5-8-18(22)9-6-16)12-4-11-25-21(28)26-14-17-7-10-19(23)13-20(17)24/h5-10,13,15H,3-4,11-12,14H2,1-2H3,(H2,25,26,28). The molecule has 0 aliphatic carbocycles. The van der Waals surface area contributed by atoms with Crippen LogP contribution in [0.25, 0.3) is 0 Å². The SMILES string of the molecule is CCN(CCCNC(=O)NCc1ccc(Cl)cc1Cl)C(C)c1ccc(Cl)cc1. The molecule has 2 aromatic carbocycles. The highest BCUT2D eigenvalue weighted by molar-refractivity contribution is 6.35. The lowest BCUT2D eigenvalue weighted by Gasteiger charge is -2.28. The molecule has 0 spiro atoms. The Bertz CT molecular complexity index is 768. The zero-order valence-corrected chi connectivity index (χ0v) is 18.4. The van der Waals surface area contributed by atoms with Crippen molar-refractivity contribution in [3.05, 3.63) is 68.7 Å². The van der Waals surface area contributed by atoms with Crippen molar-refractivity contribution in [2.24, 2.45) is 0 Å². The van der Waals surface area contributed by atoms with Crippen molar-refractivity contribution < 1.29 is 4.79 Å². The Morgan fingerprint density at radius 1 is 1.04 bits per heavy atom. The Labute approximate surface area is 182 Å². The van der Waals surface area contributed by atoms with Crippen LogP contribution in [0.1, 0.15) is 37.4 Å². The van der Waals surface area contributed by atoms with Gasteiger partial charge in [0.15, 0.2) is 0 Å². The number of benzene rings is 2. The van der Waals surface area contributed by atoms with Crippen molar-refractivity contribution >= 4 is 40.8 Å². The van der Waals surface area contributed by atoms with Crippen molar-refractivity contribution in [2.45, 2.75) is 32.9 Å². The molecule has 1 atom stereocenters. The number of halogens is 3. The second kappa shape index (κ2) is 11.5. The fourth-order valence-corrected chi connectivity index (χ4v) is 3.57. The summed E-state index contributed by atoms with van der Waals surface area (Å²) in [6, 6.07) is 13.3. The van der Waals surface area contributed by atoms with Crippen molar-refractivity contribution in [3.8, 4) is 0 Å². The third-order valence-electron chi connectivity index (χ3n) is 4.67. The monoisotopic (exact) mass is 441 g/mol. The van der Waals surface area contributed by atoms with E-state index < -0.39 is 0 Å². The smallest absolute Gasteiger partial charge is 0.315 e. The molecule has 0 saturated heterocycles. The molecule has 0 aliphatic rings. The van der Waals surface area contributed by atoms with Gasteiger partial charge in [-0.25, -0.2) is 4.79 Å². The molecule has 2 rings (SSSR count). The van der Waals surface area contributed by atoms with Gasteiger partial charge in [0.2, 0.25) is 0 Å². The van der Waals surface area contributed by atoms with Gasteiger partial charge in [-0.2, -0.15) is 0 Å². The lowest BCUT2D eigenvalue weighted by Crippen LogP contribution is -2.37. The lowest BCUT2D eigenvalue weighted by molar-refractivity contribution is 0.216. The minimum absolute atomic E-state index is 0.209. The number of amides is 2. The summed E-state index contributed by atoms with van der Waals surface area (Å²) in [4.78, 5) is 14.3. The predicted octanol–water partition coefficient (Wildman–Crippen LogP) is 5.92. The summed E-state index contributed by atoms with van der Waals surface area (Å²) in [6.45, 7) is 7.11. The first-order valence-corrected chi connectivity index (χ1v) is 10.5. The van der Waals surface area contributed by atoms with Crippen LogP contribution in [-0.4, -0.2) is 30.6 Å². The van der Waals surface area contributed by atoms with Crippen LogP contribution in [0, 0.1) is 0 Å². The molecule has 0 heterocycles. The van der Waals surface area contributed by atoms with E-state index in [0.29, 0.717) is 29.2 Å². The third kappa shape index (κ3) is 7.17. The van der Waals surface area contributed by atoms with Crippen LogP contribution in [-0.2, 0) is 6.54 Å². The van der Waals surface area contributed by atoms with Crippen molar-refractivity contribution in [1.29, 1.82) is 0 Å². The van der Waals surface area contributed by atoms with Crippen LogP contribution < -0.4 is 10.6 Å².